The molecule has 2 aromatic carbocycles. The van der Waals surface area contributed by atoms with Crippen molar-refractivity contribution >= 4 is 29.7 Å². The number of hydrogen-bond donors (Lipinski definition) is 2. The van der Waals surface area contributed by atoms with Gasteiger partial charge >= 0.3 is 5.97 Å². The Bertz CT molecular complexity index is 1040. The molecule has 0 fully saturated rings. The summed E-state index contributed by atoms with van der Waals surface area (Å²) >= 11 is 0. The molecule has 1 amide bonds. The van der Waals surface area contributed by atoms with Crippen LogP contribution in [-0.2, 0) is 14.3 Å². The number of carbonyl (C=O) groups is 2. The number of amides is 1. The number of benzene rings is 2. The van der Waals surface area contributed by atoms with Crippen LogP contribution < -0.4 is 10.1 Å². The van der Waals surface area contributed by atoms with Crippen LogP contribution in [0.4, 0.5) is 5.69 Å². The number of methoxy groups -OCH3 is 1. The van der Waals surface area contributed by atoms with Gasteiger partial charge in [0.15, 0.2) is 0 Å². The molecule has 0 aliphatic carbocycles. The molecule has 0 bridgehead atoms. The molecule has 148 valence electrons. The predicted octanol–water partition coefficient (Wildman–Crippen LogP) is 2.64. The van der Waals surface area contributed by atoms with E-state index < -0.39 is 5.97 Å². The van der Waals surface area contributed by atoms with Crippen molar-refractivity contribution in [2.24, 2.45) is 0 Å². The first-order valence-electron chi connectivity index (χ1n) is 9.18. The average Bonchev–Trinajstić information content (AvgIpc) is 2.92. The van der Waals surface area contributed by atoms with E-state index in [2.05, 4.69) is 5.32 Å². The maximum Gasteiger partial charge on any atom is 0.337 e. The van der Waals surface area contributed by atoms with E-state index in [9.17, 15) is 9.59 Å². The summed E-state index contributed by atoms with van der Waals surface area (Å²) in [7, 11) is 1.27. The lowest BCUT2D eigenvalue weighted by Gasteiger charge is -2.15. The zero-order valence-electron chi connectivity index (χ0n) is 15.8. The highest BCUT2D eigenvalue weighted by atomic mass is 16.5. The molecule has 0 radical (unpaired) electrons. The van der Waals surface area contributed by atoms with Gasteiger partial charge in [-0.3, -0.25) is 4.79 Å². The molecule has 4 rings (SSSR count). The van der Waals surface area contributed by atoms with Crippen LogP contribution in [0.5, 0.6) is 11.5 Å². The van der Waals surface area contributed by atoms with Gasteiger partial charge in [-0.2, -0.15) is 0 Å². The summed E-state index contributed by atoms with van der Waals surface area (Å²) in [4.78, 5) is 26.2. The van der Waals surface area contributed by atoms with Crippen molar-refractivity contribution in [3.8, 4) is 11.5 Å². The summed E-state index contributed by atoms with van der Waals surface area (Å²) < 4.78 is 10.9. The lowest BCUT2D eigenvalue weighted by Crippen LogP contribution is -2.31. The summed E-state index contributed by atoms with van der Waals surface area (Å²) in [5.41, 5.74) is 2.85. The van der Waals surface area contributed by atoms with Gasteiger partial charge in [0.2, 0.25) is 0 Å². The average molecular weight is 392 g/mol. The van der Waals surface area contributed by atoms with Crippen molar-refractivity contribution in [3.05, 3.63) is 64.9 Å². The molecule has 0 unspecified atom stereocenters. The molecule has 2 heterocycles. The first-order chi connectivity index (χ1) is 14.1. The van der Waals surface area contributed by atoms with Crippen LogP contribution in [0.1, 0.15) is 11.1 Å². The maximum atomic E-state index is 12.7. The second-order valence-corrected chi connectivity index (χ2v) is 6.65. The van der Waals surface area contributed by atoms with E-state index in [0.717, 1.165) is 16.9 Å². The number of carbonyl (C=O) groups excluding carboxylic acids is 2. The molecular weight excluding hydrogens is 372 g/mol. The van der Waals surface area contributed by atoms with Crippen molar-refractivity contribution in [1.82, 2.24) is 4.90 Å². The molecule has 0 aromatic heterocycles. The van der Waals surface area contributed by atoms with Gasteiger partial charge in [0, 0.05) is 29.4 Å². The second-order valence-electron chi connectivity index (χ2n) is 6.65. The van der Waals surface area contributed by atoms with Crippen LogP contribution in [0.25, 0.3) is 12.2 Å². The predicted molar refractivity (Wildman–Crippen MR) is 108 cm³/mol. The smallest absolute Gasteiger partial charge is 0.337 e. The fourth-order valence-corrected chi connectivity index (χ4v) is 3.34. The van der Waals surface area contributed by atoms with E-state index in [-0.39, 0.29) is 36.9 Å². The Morgan fingerprint density at radius 2 is 1.93 bits per heavy atom. The Kier molecular flexibility index (Phi) is 5.05. The van der Waals surface area contributed by atoms with E-state index in [1.807, 2.05) is 48.6 Å². The van der Waals surface area contributed by atoms with Crippen LogP contribution in [0, 0.1) is 0 Å². The topological polar surface area (TPSA) is 88.1 Å². The number of para-hydroxylation sites is 1. The monoisotopic (exact) mass is 392 g/mol. The van der Waals surface area contributed by atoms with Gasteiger partial charge in [-0.05, 0) is 18.2 Å². The fraction of sp³-hybridized carbons (Fsp3) is 0.182. The largest absolute Gasteiger partial charge is 0.466 e. The SMILES string of the molecule is COC(=O)C1=C(Nc2ccc3c(c2)Oc2ccccc2C=C3)C(=O)N(CCO)C1. The van der Waals surface area contributed by atoms with Crippen LogP contribution in [0.2, 0.25) is 0 Å². The third-order valence-electron chi connectivity index (χ3n) is 4.82. The van der Waals surface area contributed by atoms with Crippen LogP contribution in [0.15, 0.2) is 53.7 Å². The Labute approximate surface area is 167 Å². The minimum atomic E-state index is -0.579. The summed E-state index contributed by atoms with van der Waals surface area (Å²) in [6.45, 7) is 0.0389. The van der Waals surface area contributed by atoms with Crippen molar-refractivity contribution in [2.45, 2.75) is 0 Å². The van der Waals surface area contributed by atoms with Crippen molar-refractivity contribution in [3.63, 3.8) is 0 Å². The number of hydrogen-bond acceptors (Lipinski definition) is 6. The lowest BCUT2D eigenvalue weighted by molar-refractivity contribution is -0.136. The Balaban J connectivity index is 1.65. The van der Waals surface area contributed by atoms with Crippen LogP contribution >= 0.6 is 0 Å². The van der Waals surface area contributed by atoms with Crippen molar-refractivity contribution in [1.29, 1.82) is 0 Å². The Morgan fingerprint density at radius 3 is 2.69 bits per heavy atom. The van der Waals surface area contributed by atoms with Gasteiger partial charge < -0.3 is 24.8 Å². The molecule has 2 N–H and O–H groups in total. The lowest BCUT2D eigenvalue weighted by atomic mass is 10.1. The molecule has 0 spiro atoms. The number of anilines is 1. The van der Waals surface area contributed by atoms with E-state index in [1.54, 1.807) is 6.07 Å². The minimum absolute atomic E-state index is 0.0892. The molecule has 2 aromatic rings. The normalized spacial score (nSPS) is 14.8. The van der Waals surface area contributed by atoms with E-state index >= 15 is 0 Å². The summed E-state index contributed by atoms with van der Waals surface area (Å²) in [6, 6.07) is 13.2. The molecule has 0 saturated heterocycles. The molecule has 29 heavy (non-hydrogen) atoms. The number of β-amino-alcohol motifs (C(OH)–C–C–N with tert-alkyl or cyclic N) is 1. The van der Waals surface area contributed by atoms with Gasteiger partial charge in [-0.15, -0.1) is 0 Å². The third-order valence-corrected chi connectivity index (χ3v) is 4.82. The number of aliphatic hydroxyl groups is 1. The first-order valence-corrected chi connectivity index (χ1v) is 9.18. The zero-order valence-corrected chi connectivity index (χ0v) is 15.8. The minimum Gasteiger partial charge on any atom is -0.466 e. The number of ether oxygens (including phenoxy) is 2. The number of nitrogens with zero attached hydrogens (tertiary/aromatic N) is 1. The molecule has 7 nitrogen and oxygen atoms in total. The first kappa shape index (κ1) is 18.8. The Hall–Kier alpha value is -3.58. The number of esters is 1. The van der Waals surface area contributed by atoms with Crippen LogP contribution in [-0.4, -0.2) is 48.7 Å². The van der Waals surface area contributed by atoms with Gasteiger partial charge in [-0.1, -0.05) is 30.4 Å². The molecule has 0 atom stereocenters. The van der Waals surface area contributed by atoms with Gasteiger partial charge in [0.1, 0.15) is 17.2 Å². The van der Waals surface area contributed by atoms with Gasteiger partial charge in [0.05, 0.1) is 25.8 Å². The number of rotatable bonds is 5. The van der Waals surface area contributed by atoms with Crippen molar-refractivity contribution < 1.29 is 24.2 Å². The van der Waals surface area contributed by atoms with Gasteiger partial charge in [0.25, 0.3) is 5.91 Å². The maximum absolute atomic E-state index is 12.7. The second kappa shape index (κ2) is 7.81. The number of fused-ring (bicyclic) bond motifs is 2. The number of aliphatic hydroxyl groups excluding tert-OH is 1. The highest BCUT2D eigenvalue weighted by Gasteiger charge is 2.34. The van der Waals surface area contributed by atoms with E-state index in [0.29, 0.717) is 11.4 Å². The van der Waals surface area contributed by atoms with E-state index in [1.165, 1.54) is 12.0 Å². The summed E-state index contributed by atoms with van der Waals surface area (Å²) in [6.07, 6.45) is 3.95. The summed E-state index contributed by atoms with van der Waals surface area (Å²) in [5.74, 6) is 0.430. The molecule has 2 aliphatic heterocycles. The quantitative estimate of drug-likeness (QED) is 0.649. The highest BCUT2D eigenvalue weighted by molar-refractivity contribution is 6.08. The van der Waals surface area contributed by atoms with Crippen molar-refractivity contribution in [2.75, 3.05) is 32.1 Å². The van der Waals surface area contributed by atoms with E-state index in [4.69, 9.17) is 14.6 Å². The van der Waals surface area contributed by atoms with Crippen LogP contribution in [0.3, 0.4) is 0 Å². The molecule has 7 heteroatoms. The van der Waals surface area contributed by atoms with Gasteiger partial charge in [-0.25, -0.2) is 4.79 Å². The molecule has 0 saturated carbocycles. The molecule has 2 aliphatic rings. The standard InChI is InChI=1S/C22H20N2O5/c1-28-22(27)17-13-24(10-11-25)21(26)20(17)23-16-9-8-15-7-6-14-4-2-3-5-18(14)29-19(15)12-16/h2-9,12,23,25H,10-11,13H2,1H3. The summed E-state index contributed by atoms with van der Waals surface area (Å²) in [5, 5.41) is 12.2. The fourth-order valence-electron chi connectivity index (χ4n) is 3.34. The zero-order chi connectivity index (χ0) is 20.4. The number of nitrogens with one attached hydrogen (secondary N) is 1. The third kappa shape index (κ3) is 3.60. The molecular formula is C22H20N2O5. The highest BCUT2D eigenvalue weighted by Crippen LogP contribution is 2.36. The Morgan fingerprint density at radius 1 is 1.17 bits per heavy atom.